The Balaban J connectivity index is 2.93. The molecule has 0 bridgehead atoms. The van der Waals surface area contributed by atoms with Crippen molar-refractivity contribution in [2.45, 2.75) is 6.54 Å². The number of carbonyl (C=O) groups excluding carboxylic acids is 1. The van der Waals surface area contributed by atoms with E-state index < -0.39 is 0 Å². The predicted molar refractivity (Wildman–Crippen MR) is 62.9 cm³/mol. The smallest absolute Gasteiger partial charge is 0.337 e. The number of esters is 1. The first kappa shape index (κ1) is 12.2. The summed E-state index contributed by atoms with van der Waals surface area (Å²) in [6, 6.07) is 5.48. The first-order chi connectivity index (χ1) is 7.04. The molecule has 0 aromatic heterocycles. The van der Waals surface area contributed by atoms with E-state index in [2.05, 4.69) is 25.6 Å². The molecule has 4 heteroatoms. The van der Waals surface area contributed by atoms with E-state index in [0.717, 1.165) is 16.6 Å². The van der Waals surface area contributed by atoms with Crippen molar-refractivity contribution in [3.05, 3.63) is 33.8 Å². The van der Waals surface area contributed by atoms with Crippen molar-refractivity contribution in [1.82, 2.24) is 4.90 Å². The maximum atomic E-state index is 11.2. The summed E-state index contributed by atoms with van der Waals surface area (Å²) in [7, 11) is 5.38. The van der Waals surface area contributed by atoms with Crippen molar-refractivity contribution in [2.24, 2.45) is 0 Å². The molecule has 0 aliphatic heterocycles. The van der Waals surface area contributed by atoms with Gasteiger partial charge in [0.2, 0.25) is 0 Å². The number of nitrogens with zero attached hydrogens (tertiary/aromatic N) is 1. The van der Waals surface area contributed by atoms with Crippen LogP contribution >= 0.6 is 15.9 Å². The lowest BCUT2D eigenvalue weighted by Crippen LogP contribution is -2.11. The van der Waals surface area contributed by atoms with Gasteiger partial charge in [-0.15, -0.1) is 0 Å². The summed E-state index contributed by atoms with van der Waals surface area (Å²) in [4.78, 5) is 13.3. The van der Waals surface area contributed by atoms with Gasteiger partial charge in [-0.2, -0.15) is 0 Å². The predicted octanol–water partition coefficient (Wildman–Crippen LogP) is 2.30. The van der Waals surface area contributed by atoms with Crippen LogP contribution in [0.15, 0.2) is 22.7 Å². The van der Waals surface area contributed by atoms with Crippen LogP contribution < -0.4 is 0 Å². The molecule has 0 saturated heterocycles. The number of halogens is 1. The fourth-order valence-corrected chi connectivity index (χ4v) is 1.77. The van der Waals surface area contributed by atoms with Crippen LogP contribution in [-0.2, 0) is 11.3 Å². The first-order valence-electron chi connectivity index (χ1n) is 4.56. The fraction of sp³-hybridized carbons (Fsp3) is 0.364. The second-order valence-electron chi connectivity index (χ2n) is 3.54. The lowest BCUT2D eigenvalue weighted by Gasteiger charge is -2.11. The molecule has 0 atom stereocenters. The highest BCUT2D eigenvalue weighted by atomic mass is 79.9. The zero-order chi connectivity index (χ0) is 11.4. The van der Waals surface area contributed by atoms with Crippen LogP contribution in [0.1, 0.15) is 15.9 Å². The lowest BCUT2D eigenvalue weighted by atomic mass is 10.1. The average Bonchev–Trinajstić information content (AvgIpc) is 2.19. The van der Waals surface area contributed by atoms with Gasteiger partial charge < -0.3 is 9.64 Å². The third-order valence-electron chi connectivity index (χ3n) is 1.96. The molecular formula is C11H14BrNO2. The Kier molecular flexibility index (Phi) is 4.29. The molecule has 3 nitrogen and oxygen atoms in total. The van der Waals surface area contributed by atoms with Gasteiger partial charge in [0, 0.05) is 11.0 Å². The van der Waals surface area contributed by atoms with E-state index in [9.17, 15) is 4.79 Å². The van der Waals surface area contributed by atoms with Crippen molar-refractivity contribution in [3.8, 4) is 0 Å². The van der Waals surface area contributed by atoms with Crippen LogP contribution in [0.25, 0.3) is 0 Å². The van der Waals surface area contributed by atoms with E-state index in [-0.39, 0.29) is 5.97 Å². The normalized spacial score (nSPS) is 10.5. The summed E-state index contributed by atoms with van der Waals surface area (Å²) in [5, 5.41) is 0. The number of rotatable bonds is 3. The van der Waals surface area contributed by atoms with Crippen molar-refractivity contribution >= 4 is 21.9 Å². The maximum Gasteiger partial charge on any atom is 0.337 e. The van der Waals surface area contributed by atoms with Gasteiger partial charge in [-0.25, -0.2) is 4.79 Å². The lowest BCUT2D eigenvalue weighted by molar-refractivity contribution is 0.0600. The summed E-state index contributed by atoms with van der Waals surface area (Å²) in [5.74, 6) is -0.313. The second kappa shape index (κ2) is 5.28. The molecule has 15 heavy (non-hydrogen) atoms. The molecule has 0 aliphatic rings. The van der Waals surface area contributed by atoms with Gasteiger partial charge in [0.15, 0.2) is 0 Å². The van der Waals surface area contributed by atoms with Crippen LogP contribution in [-0.4, -0.2) is 32.1 Å². The van der Waals surface area contributed by atoms with Gasteiger partial charge in [0.1, 0.15) is 0 Å². The van der Waals surface area contributed by atoms with Gasteiger partial charge in [0.05, 0.1) is 12.7 Å². The summed E-state index contributed by atoms with van der Waals surface area (Å²) in [6.07, 6.45) is 0. The van der Waals surface area contributed by atoms with Crippen LogP contribution in [0, 0.1) is 0 Å². The van der Waals surface area contributed by atoms with Crippen molar-refractivity contribution in [2.75, 3.05) is 21.2 Å². The maximum absolute atomic E-state index is 11.2. The highest BCUT2D eigenvalue weighted by Crippen LogP contribution is 2.20. The highest BCUT2D eigenvalue weighted by Gasteiger charge is 2.08. The van der Waals surface area contributed by atoms with E-state index in [1.54, 1.807) is 12.1 Å². The molecule has 0 heterocycles. The zero-order valence-corrected chi connectivity index (χ0v) is 10.7. The molecule has 0 fully saturated rings. The standard InChI is InChI=1S/C11H14BrNO2/c1-13(2)7-9-5-4-8(6-10(9)12)11(14)15-3/h4-6H,7H2,1-3H3. The van der Waals surface area contributed by atoms with Gasteiger partial charge >= 0.3 is 5.97 Å². The molecule has 0 aliphatic carbocycles. The van der Waals surface area contributed by atoms with E-state index in [1.807, 2.05) is 20.2 Å². The molecule has 0 unspecified atom stereocenters. The second-order valence-corrected chi connectivity index (χ2v) is 4.39. The Morgan fingerprint density at radius 1 is 1.47 bits per heavy atom. The molecule has 1 aromatic rings. The molecule has 0 radical (unpaired) electrons. The molecule has 0 spiro atoms. The summed E-state index contributed by atoms with van der Waals surface area (Å²) in [6.45, 7) is 0.835. The summed E-state index contributed by atoms with van der Waals surface area (Å²) < 4.78 is 5.57. The Bertz CT molecular complexity index is 364. The van der Waals surface area contributed by atoms with Crippen LogP contribution in [0.5, 0.6) is 0 Å². The van der Waals surface area contributed by atoms with Crippen LogP contribution in [0.4, 0.5) is 0 Å². The quantitative estimate of drug-likeness (QED) is 0.791. The number of ether oxygens (including phenoxy) is 1. The van der Waals surface area contributed by atoms with Crippen molar-refractivity contribution in [3.63, 3.8) is 0 Å². The van der Waals surface area contributed by atoms with Crippen molar-refractivity contribution < 1.29 is 9.53 Å². The molecule has 1 aromatic carbocycles. The number of hydrogen-bond donors (Lipinski definition) is 0. The molecular weight excluding hydrogens is 258 g/mol. The topological polar surface area (TPSA) is 29.5 Å². The minimum Gasteiger partial charge on any atom is -0.465 e. The van der Waals surface area contributed by atoms with Crippen LogP contribution in [0.2, 0.25) is 0 Å². The summed E-state index contributed by atoms with van der Waals surface area (Å²) >= 11 is 3.44. The monoisotopic (exact) mass is 271 g/mol. The van der Waals surface area contributed by atoms with Gasteiger partial charge in [0.25, 0.3) is 0 Å². The fourth-order valence-electron chi connectivity index (χ4n) is 1.26. The minimum atomic E-state index is -0.313. The van der Waals surface area contributed by atoms with Gasteiger partial charge in [-0.05, 0) is 31.8 Å². The third kappa shape index (κ3) is 3.32. The zero-order valence-electron chi connectivity index (χ0n) is 9.08. The number of benzene rings is 1. The average molecular weight is 272 g/mol. The Labute approximate surface area is 98.2 Å². The SMILES string of the molecule is COC(=O)c1ccc(CN(C)C)c(Br)c1. The third-order valence-corrected chi connectivity index (χ3v) is 2.70. The number of methoxy groups -OCH3 is 1. The van der Waals surface area contributed by atoms with Gasteiger partial charge in [-0.3, -0.25) is 0 Å². The van der Waals surface area contributed by atoms with E-state index >= 15 is 0 Å². The molecule has 0 amide bonds. The Hall–Kier alpha value is -0.870. The number of hydrogen-bond acceptors (Lipinski definition) is 3. The Morgan fingerprint density at radius 3 is 2.60 bits per heavy atom. The molecule has 0 N–H and O–H groups in total. The van der Waals surface area contributed by atoms with E-state index in [1.165, 1.54) is 7.11 Å². The highest BCUT2D eigenvalue weighted by molar-refractivity contribution is 9.10. The van der Waals surface area contributed by atoms with Crippen molar-refractivity contribution in [1.29, 1.82) is 0 Å². The Morgan fingerprint density at radius 2 is 2.13 bits per heavy atom. The largest absolute Gasteiger partial charge is 0.465 e. The first-order valence-corrected chi connectivity index (χ1v) is 5.35. The summed E-state index contributed by atoms with van der Waals surface area (Å²) in [5.41, 5.74) is 1.71. The molecule has 1 rings (SSSR count). The van der Waals surface area contributed by atoms with E-state index in [0.29, 0.717) is 5.56 Å². The number of carbonyl (C=O) groups is 1. The van der Waals surface area contributed by atoms with E-state index in [4.69, 9.17) is 0 Å². The van der Waals surface area contributed by atoms with Gasteiger partial charge in [-0.1, -0.05) is 22.0 Å². The minimum absolute atomic E-state index is 0.313. The molecule has 0 saturated carbocycles. The molecule has 82 valence electrons. The van der Waals surface area contributed by atoms with Crippen LogP contribution in [0.3, 0.4) is 0 Å².